The second-order valence-corrected chi connectivity index (χ2v) is 5.38. The molecule has 2 rings (SSSR count). The largest absolute Gasteiger partial charge is 0.457 e. The van der Waals surface area contributed by atoms with Gasteiger partial charge < -0.3 is 15.2 Å². The molecular formula is C16H18BrNO2. The van der Waals surface area contributed by atoms with Gasteiger partial charge in [0.25, 0.3) is 0 Å². The van der Waals surface area contributed by atoms with Gasteiger partial charge in [-0.3, -0.25) is 0 Å². The molecule has 0 aliphatic carbocycles. The smallest absolute Gasteiger partial charge is 0.133 e. The minimum absolute atomic E-state index is 0.113. The zero-order valence-corrected chi connectivity index (χ0v) is 13.0. The lowest BCUT2D eigenvalue weighted by atomic mass is 10.1. The van der Waals surface area contributed by atoms with Gasteiger partial charge in [-0.2, -0.15) is 0 Å². The number of para-hydroxylation sites is 1. The summed E-state index contributed by atoms with van der Waals surface area (Å²) in [6.07, 6.45) is 0.589. The third-order valence-electron chi connectivity index (χ3n) is 2.97. The zero-order valence-electron chi connectivity index (χ0n) is 11.4. The van der Waals surface area contributed by atoms with Crippen LogP contribution in [0.3, 0.4) is 0 Å². The lowest BCUT2D eigenvalue weighted by Gasteiger charge is -2.14. The van der Waals surface area contributed by atoms with Crippen LogP contribution in [0.2, 0.25) is 0 Å². The number of nitrogens with one attached hydrogen (secondary N) is 1. The summed E-state index contributed by atoms with van der Waals surface area (Å²) in [5.41, 5.74) is 2.10. The Morgan fingerprint density at radius 3 is 2.65 bits per heavy atom. The van der Waals surface area contributed by atoms with Crippen LogP contribution in [0.1, 0.15) is 11.1 Å². The molecule has 0 spiro atoms. The average molecular weight is 336 g/mol. The Balaban J connectivity index is 2.31. The molecule has 2 aromatic carbocycles. The van der Waals surface area contributed by atoms with Gasteiger partial charge in [0.1, 0.15) is 11.5 Å². The molecule has 0 atom stereocenters. The van der Waals surface area contributed by atoms with E-state index in [2.05, 4.69) is 21.2 Å². The minimum atomic E-state index is 0.113. The summed E-state index contributed by atoms with van der Waals surface area (Å²) in [5, 5.41) is 12.3. The molecular weight excluding hydrogens is 318 g/mol. The first-order valence-corrected chi connectivity index (χ1v) is 7.33. The molecule has 0 aliphatic rings. The fourth-order valence-electron chi connectivity index (χ4n) is 2.01. The zero-order chi connectivity index (χ0) is 14.4. The standard InChI is InChI=1S/C16H18BrNO2/c1-18-11-13-6-7-14(17)10-16(13)20-15-5-3-2-4-12(15)8-9-19/h2-7,10,18-19H,8-9,11H2,1H3. The van der Waals surface area contributed by atoms with Crippen molar-refractivity contribution in [1.82, 2.24) is 5.32 Å². The molecule has 20 heavy (non-hydrogen) atoms. The lowest BCUT2D eigenvalue weighted by molar-refractivity contribution is 0.298. The Morgan fingerprint density at radius 1 is 1.10 bits per heavy atom. The normalized spacial score (nSPS) is 10.6. The highest BCUT2D eigenvalue weighted by molar-refractivity contribution is 9.10. The van der Waals surface area contributed by atoms with Gasteiger partial charge in [0.2, 0.25) is 0 Å². The van der Waals surface area contributed by atoms with Crippen LogP contribution in [0.4, 0.5) is 0 Å². The predicted molar refractivity (Wildman–Crippen MR) is 84.2 cm³/mol. The molecule has 0 unspecified atom stereocenters. The van der Waals surface area contributed by atoms with E-state index in [0.29, 0.717) is 6.42 Å². The highest BCUT2D eigenvalue weighted by atomic mass is 79.9. The van der Waals surface area contributed by atoms with E-state index in [-0.39, 0.29) is 6.61 Å². The number of benzene rings is 2. The van der Waals surface area contributed by atoms with E-state index >= 15 is 0 Å². The van der Waals surface area contributed by atoms with Gasteiger partial charge in [-0.25, -0.2) is 0 Å². The molecule has 0 radical (unpaired) electrons. The van der Waals surface area contributed by atoms with Crippen LogP contribution < -0.4 is 10.1 Å². The summed E-state index contributed by atoms with van der Waals surface area (Å²) in [4.78, 5) is 0. The number of halogens is 1. The first-order valence-electron chi connectivity index (χ1n) is 6.54. The number of hydrogen-bond donors (Lipinski definition) is 2. The molecule has 0 aromatic heterocycles. The molecule has 0 saturated heterocycles. The quantitative estimate of drug-likeness (QED) is 0.848. The minimum Gasteiger partial charge on any atom is -0.457 e. The average Bonchev–Trinajstić information content (AvgIpc) is 2.44. The summed E-state index contributed by atoms with van der Waals surface area (Å²) in [6, 6.07) is 13.8. The van der Waals surface area contributed by atoms with Crippen molar-refractivity contribution < 1.29 is 9.84 Å². The van der Waals surface area contributed by atoms with E-state index in [4.69, 9.17) is 9.84 Å². The molecule has 0 saturated carbocycles. The van der Waals surface area contributed by atoms with Crippen LogP contribution in [-0.2, 0) is 13.0 Å². The Hall–Kier alpha value is -1.36. The maximum atomic E-state index is 9.12. The highest BCUT2D eigenvalue weighted by Crippen LogP contribution is 2.30. The fourth-order valence-corrected chi connectivity index (χ4v) is 2.35. The molecule has 0 bridgehead atoms. The van der Waals surface area contributed by atoms with Gasteiger partial charge in [-0.15, -0.1) is 0 Å². The van der Waals surface area contributed by atoms with Crippen molar-refractivity contribution in [3.05, 3.63) is 58.1 Å². The second kappa shape index (κ2) is 7.43. The van der Waals surface area contributed by atoms with Crippen molar-refractivity contribution in [2.75, 3.05) is 13.7 Å². The number of aliphatic hydroxyl groups is 1. The van der Waals surface area contributed by atoms with Crippen molar-refractivity contribution in [1.29, 1.82) is 0 Å². The van der Waals surface area contributed by atoms with Gasteiger partial charge >= 0.3 is 0 Å². The van der Waals surface area contributed by atoms with Crippen molar-refractivity contribution >= 4 is 15.9 Å². The predicted octanol–water partition coefficient (Wildman–Crippen LogP) is 3.50. The second-order valence-electron chi connectivity index (χ2n) is 4.47. The Bertz CT molecular complexity index is 572. The van der Waals surface area contributed by atoms with Crippen LogP contribution in [0.15, 0.2) is 46.9 Å². The number of rotatable bonds is 6. The van der Waals surface area contributed by atoms with Crippen LogP contribution in [0.25, 0.3) is 0 Å². The molecule has 0 amide bonds. The summed E-state index contributed by atoms with van der Waals surface area (Å²) >= 11 is 3.47. The van der Waals surface area contributed by atoms with Crippen LogP contribution in [0.5, 0.6) is 11.5 Å². The number of hydrogen-bond acceptors (Lipinski definition) is 3. The van der Waals surface area contributed by atoms with E-state index in [1.54, 1.807) is 0 Å². The van der Waals surface area contributed by atoms with Crippen LogP contribution >= 0.6 is 15.9 Å². The molecule has 0 aliphatic heterocycles. The summed E-state index contributed by atoms with van der Waals surface area (Å²) in [5.74, 6) is 1.61. The Kier molecular flexibility index (Phi) is 5.59. The first-order chi connectivity index (χ1) is 9.74. The SMILES string of the molecule is CNCc1ccc(Br)cc1Oc1ccccc1CCO. The number of ether oxygens (including phenoxy) is 1. The molecule has 4 heteroatoms. The molecule has 0 heterocycles. The molecule has 2 aromatic rings. The highest BCUT2D eigenvalue weighted by Gasteiger charge is 2.08. The van der Waals surface area contributed by atoms with Gasteiger partial charge in [0, 0.05) is 23.2 Å². The van der Waals surface area contributed by atoms with Crippen LogP contribution in [0, 0.1) is 0 Å². The van der Waals surface area contributed by atoms with E-state index in [0.717, 1.165) is 33.6 Å². The maximum Gasteiger partial charge on any atom is 0.133 e. The third kappa shape index (κ3) is 3.82. The van der Waals surface area contributed by atoms with Crippen molar-refractivity contribution in [2.24, 2.45) is 0 Å². The van der Waals surface area contributed by atoms with E-state index in [1.165, 1.54) is 0 Å². The van der Waals surface area contributed by atoms with Gasteiger partial charge in [0.15, 0.2) is 0 Å². The number of aliphatic hydroxyl groups excluding tert-OH is 1. The molecule has 2 N–H and O–H groups in total. The van der Waals surface area contributed by atoms with Crippen LogP contribution in [-0.4, -0.2) is 18.8 Å². The Labute approximate surface area is 127 Å². The maximum absolute atomic E-state index is 9.12. The van der Waals surface area contributed by atoms with Gasteiger partial charge in [-0.05, 0) is 37.2 Å². The molecule has 106 valence electrons. The van der Waals surface area contributed by atoms with E-state index in [1.807, 2.05) is 49.5 Å². The lowest BCUT2D eigenvalue weighted by Crippen LogP contribution is -2.06. The Morgan fingerprint density at radius 2 is 1.90 bits per heavy atom. The summed E-state index contributed by atoms with van der Waals surface area (Å²) in [6.45, 7) is 0.854. The van der Waals surface area contributed by atoms with Gasteiger partial charge in [-0.1, -0.05) is 40.2 Å². The van der Waals surface area contributed by atoms with Crippen molar-refractivity contribution in [3.63, 3.8) is 0 Å². The summed E-state index contributed by atoms with van der Waals surface area (Å²) < 4.78 is 7.02. The fraction of sp³-hybridized carbons (Fsp3) is 0.250. The van der Waals surface area contributed by atoms with Crippen molar-refractivity contribution in [2.45, 2.75) is 13.0 Å². The molecule has 3 nitrogen and oxygen atoms in total. The summed E-state index contributed by atoms with van der Waals surface area (Å²) in [7, 11) is 1.91. The van der Waals surface area contributed by atoms with Crippen molar-refractivity contribution in [3.8, 4) is 11.5 Å². The molecule has 0 fully saturated rings. The first kappa shape index (κ1) is 15.0. The van der Waals surface area contributed by atoms with E-state index in [9.17, 15) is 0 Å². The van der Waals surface area contributed by atoms with Gasteiger partial charge in [0.05, 0.1) is 0 Å². The third-order valence-corrected chi connectivity index (χ3v) is 3.46. The monoisotopic (exact) mass is 335 g/mol. The topological polar surface area (TPSA) is 41.5 Å². The van der Waals surface area contributed by atoms with E-state index < -0.39 is 0 Å².